The summed E-state index contributed by atoms with van der Waals surface area (Å²) in [5, 5.41) is 10.7. The van der Waals surface area contributed by atoms with Crippen molar-refractivity contribution in [2.75, 3.05) is 23.0 Å². The van der Waals surface area contributed by atoms with Gasteiger partial charge >= 0.3 is 0 Å². The van der Waals surface area contributed by atoms with Gasteiger partial charge in [0.25, 0.3) is 0 Å². The van der Waals surface area contributed by atoms with E-state index in [-0.39, 0.29) is 6.61 Å². The molecule has 2 aromatic rings. The number of rotatable bonds is 2. The average Bonchev–Trinajstić information content (AvgIpc) is 2.46. The molecule has 0 bridgehead atoms. The number of para-hydroxylation sites is 1. The van der Waals surface area contributed by atoms with E-state index in [1.54, 1.807) is 0 Å². The summed E-state index contributed by atoms with van der Waals surface area (Å²) >= 11 is 1.99. The zero-order valence-electron chi connectivity index (χ0n) is 11.0. The third kappa shape index (κ3) is 2.42. The Bertz CT molecular complexity index is 587. The van der Waals surface area contributed by atoms with E-state index in [9.17, 15) is 5.11 Å². The molecule has 19 heavy (non-hydrogen) atoms. The van der Waals surface area contributed by atoms with Crippen LogP contribution in [0.4, 0.5) is 5.82 Å². The van der Waals surface area contributed by atoms with Crippen LogP contribution in [0.5, 0.6) is 0 Å². The highest BCUT2D eigenvalue weighted by molar-refractivity contribution is 7.99. The second-order valence-electron chi connectivity index (χ2n) is 4.94. The quantitative estimate of drug-likeness (QED) is 0.913. The summed E-state index contributed by atoms with van der Waals surface area (Å²) in [6.07, 6.45) is 0. The largest absolute Gasteiger partial charge is 0.392 e. The van der Waals surface area contributed by atoms with Gasteiger partial charge in [-0.1, -0.05) is 18.2 Å². The Morgan fingerprint density at radius 1 is 1.42 bits per heavy atom. The van der Waals surface area contributed by atoms with Crippen molar-refractivity contribution in [2.45, 2.75) is 19.6 Å². The smallest absolute Gasteiger partial charge is 0.135 e. The summed E-state index contributed by atoms with van der Waals surface area (Å²) in [7, 11) is 0. The number of pyridine rings is 1. The summed E-state index contributed by atoms with van der Waals surface area (Å²) in [6.45, 7) is 3.28. The summed E-state index contributed by atoms with van der Waals surface area (Å²) in [4.78, 5) is 7.10. The predicted molar refractivity (Wildman–Crippen MR) is 81.8 cm³/mol. The van der Waals surface area contributed by atoms with E-state index in [4.69, 9.17) is 4.98 Å². The van der Waals surface area contributed by atoms with Gasteiger partial charge in [0, 0.05) is 35.0 Å². The minimum absolute atomic E-state index is 0.0452. The lowest BCUT2D eigenvalue weighted by molar-refractivity contribution is 0.281. The van der Waals surface area contributed by atoms with Gasteiger partial charge in [0.2, 0.25) is 0 Å². The van der Waals surface area contributed by atoms with E-state index in [2.05, 4.69) is 17.9 Å². The van der Waals surface area contributed by atoms with Gasteiger partial charge in [0.1, 0.15) is 5.82 Å². The second kappa shape index (κ2) is 5.39. The molecule has 0 aliphatic carbocycles. The highest BCUT2D eigenvalue weighted by atomic mass is 32.2. The minimum Gasteiger partial charge on any atom is -0.392 e. The fraction of sp³-hybridized carbons (Fsp3) is 0.400. The third-order valence-corrected chi connectivity index (χ3v) is 4.78. The Morgan fingerprint density at radius 3 is 3.05 bits per heavy atom. The lowest BCUT2D eigenvalue weighted by Gasteiger charge is -2.35. The third-order valence-electron chi connectivity index (χ3n) is 3.59. The van der Waals surface area contributed by atoms with Crippen molar-refractivity contribution >= 4 is 28.5 Å². The Morgan fingerprint density at radius 2 is 2.26 bits per heavy atom. The summed E-state index contributed by atoms with van der Waals surface area (Å²) in [5.74, 6) is 3.21. The maximum absolute atomic E-state index is 9.62. The maximum atomic E-state index is 9.62. The number of fused-ring (bicyclic) bond motifs is 1. The first kappa shape index (κ1) is 12.8. The lowest BCUT2D eigenvalue weighted by Crippen LogP contribution is -2.41. The molecule has 0 spiro atoms. The van der Waals surface area contributed by atoms with Crippen molar-refractivity contribution in [1.82, 2.24) is 4.98 Å². The van der Waals surface area contributed by atoms with Gasteiger partial charge in [-0.05, 0) is 19.1 Å². The van der Waals surface area contributed by atoms with Crippen LogP contribution in [0.3, 0.4) is 0 Å². The average molecular weight is 274 g/mol. The number of thioether (sulfide) groups is 1. The normalized spacial score (nSPS) is 19.9. The topological polar surface area (TPSA) is 36.4 Å². The number of nitrogens with zero attached hydrogens (tertiary/aromatic N) is 2. The molecule has 1 atom stereocenters. The molecule has 0 radical (unpaired) electrons. The van der Waals surface area contributed by atoms with Gasteiger partial charge in [-0.3, -0.25) is 0 Å². The fourth-order valence-corrected chi connectivity index (χ4v) is 3.57. The maximum Gasteiger partial charge on any atom is 0.135 e. The molecule has 3 rings (SSSR count). The molecule has 100 valence electrons. The van der Waals surface area contributed by atoms with Gasteiger partial charge in [0.05, 0.1) is 12.1 Å². The number of hydrogen-bond donors (Lipinski definition) is 1. The van der Waals surface area contributed by atoms with E-state index in [1.807, 2.05) is 36.0 Å². The summed E-state index contributed by atoms with van der Waals surface area (Å²) in [6, 6.07) is 10.6. The Balaban J connectivity index is 2.10. The number of hydrogen-bond acceptors (Lipinski definition) is 4. The van der Waals surface area contributed by atoms with Crippen LogP contribution in [0, 0.1) is 0 Å². The molecule has 1 aromatic heterocycles. The van der Waals surface area contributed by atoms with Gasteiger partial charge in [-0.25, -0.2) is 4.98 Å². The van der Waals surface area contributed by atoms with Gasteiger partial charge < -0.3 is 10.0 Å². The Kier molecular flexibility index (Phi) is 3.62. The number of aromatic nitrogens is 1. The monoisotopic (exact) mass is 274 g/mol. The first-order chi connectivity index (χ1) is 9.29. The van der Waals surface area contributed by atoms with E-state index in [1.165, 1.54) is 0 Å². The SMILES string of the molecule is CC1CSCCN1c1nc2ccccc2cc1CO. The van der Waals surface area contributed by atoms with Crippen molar-refractivity contribution < 1.29 is 5.11 Å². The van der Waals surface area contributed by atoms with Crippen LogP contribution in [0.15, 0.2) is 30.3 Å². The molecule has 3 nitrogen and oxygen atoms in total. The van der Waals surface area contributed by atoms with E-state index in [0.717, 1.165) is 40.3 Å². The number of anilines is 1. The highest BCUT2D eigenvalue weighted by Crippen LogP contribution is 2.28. The van der Waals surface area contributed by atoms with Crippen molar-refractivity contribution in [3.63, 3.8) is 0 Å². The molecule has 1 aliphatic rings. The van der Waals surface area contributed by atoms with Crippen LogP contribution in [-0.4, -0.2) is 34.2 Å². The zero-order valence-corrected chi connectivity index (χ0v) is 11.9. The molecule has 1 fully saturated rings. The molecule has 0 amide bonds. The van der Waals surface area contributed by atoms with E-state index >= 15 is 0 Å². The molecule has 1 N–H and O–H groups in total. The predicted octanol–water partition coefficient (Wildman–Crippen LogP) is 2.67. The van der Waals surface area contributed by atoms with Crippen LogP contribution in [0.1, 0.15) is 12.5 Å². The van der Waals surface area contributed by atoms with Crippen molar-refractivity contribution in [3.05, 3.63) is 35.9 Å². The molecule has 1 saturated heterocycles. The molecule has 2 heterocycles. The molecular formula is C15H18N2OS. The Hall–Kier alpha value is -1.26. The van der Waals surface area contributed by atoms with E-state index < -0.39 is 0 Å². The van der Waals surface area contributed by atoms with Crippen molar-refractivity contribution in [3.8, 4) is 0 Å². The van der Waals surface area contributed by atoms with Gasteiger partial charge in [0.15, 0.2) is 0 Å². The highest BCUT2D eigenvalue weighted by Gasteiger charge is 2.22. The molecule has 0 saturated carbocycles. The minimum atomic E-state index is 0.0452. The van der Waals surface area contributed by atoms with Crippen LogP contribution in [0.2, 0.25) is 0 Å². The molecule has 1 aromatic carbocycles. The van der Waals surface area contributed by atoms with Crippen LogP contribution < -0.4 is 4.90 Å². The number of benzene rings is 1. The fourth-order valence-electron chi connectivity index (χ4n) is 2.56. The summed E-state index contributed by atoms with van der Waals surface area (Å²) < 4.78 is 0. The van der Waals surface area contributed by atoms with Gasteiger partial charge in [-0.15, -0.1) is 0 Å². The van der Waals surface area contributed by atoms with Crippen molar-refractivity contribution in [1.29, 1.82) is 0 Å². The number of aliphatic hydroxyl groups is 1. The molecule has 1 unspecified atom stereocenters. The first-order valence-electron chi connectivity index (χ1n) is 6.63. The zero-order chi connectivity index (χ0) is 13.2. The summed E-state index contributed by atoms with van der Waals surface area (Å²) in [5.41, 5.74) is 1.93. The van der Waals surface area contributed by atoms with Crippen LogP contribution in [0.25, 0.3) is 10.9 Å². The molecular weight excluding hydrogens is 256 g/mol. The first-order valence-corrected chi connectivity index (χ1v) is 7.79. The molecule has 1 aliphatic heterocycles. The van der Waals surface area contributed by atoms with Crippen LogP contribution in [-0.2, 0) is 6.61 Å². The lowest BCUT2D eigenvalue weighted by atomic mass is 10.1. The van der Waals surface area contributed by atoms with Crippen molar-refractivity contribution in [2.24, 2.45) is 0 Å². The van der Waals surface area contributed by atoms with Gasteiger partial charge in [-0.2, -0.15) is 11.8 Å². The second-order valence-corrected chi connectivity index (χ2v) is 6.09. The molecule has 4 heteroatoms. The standard InChI is InChI=1S/C15H18N2OS/c1-11-10-19-7-6-17(11)15-13(9-18)8-12-4-2-3-5-14(12)16-15/h2-5,8,11,18H,6-7,9-10H2,1H3. The Labute approximate surface area is 117 Å². The van der Waals surface area contributed by atoms with Crippen LogP contribution >= 0.6 is 11.8 Å². The van der Waals surface area contributed by atoms with E-state index in [0.29, 0.717) is 6.04 Å². The number of aliphatic hydroxyl groups excluding tert-OH is 1.